The van der Waals surface area contributed by atoms with E-state index in [0.29, 0.717) is 22.2 Å². The molecule has 2 aromatic rings. The summed E-state index contributed by atoms with van der Waals surface area (Å²) in [7, 11) is 3.07. The topological polar surface area (TPSA) is 73.9 Å². The van der Waals surface area contributed by atoms with Crippen molar-refractivity contribution in [3.8, 4) is 11.5 Å². The van der Waals surface area contributed by atoms with Crippen molar-refractivity contribution in [1.82, 2.24) is 0 Å². The van der Waals surface area contributed by atoms with Gasteiger partial charge in [-0.3, -0.25) is 4.79 Å². The van der Waals surface area contributed by atoms with Crippen molar-refractivity contribution in [3.63, 3.8) is 0 Å². The van der Waals surface area contributed by atoms with E-state index >= 15 is 0 Å². The average molecular weight is 390 g/mol. The summed E-state index contributed by atoms with van der Waals surface area (Å²) in [5.41, 5.74) is 1.17. The van der Waals surface area contributed by atoms with Gasteiger partial charge in [0.2, 0.25) is 0 Å². The minimum Gasteiger partial charge on any atom is -0.493 e. The first-order valence-corrected chi connectivity index (χ1v) is 8.48. The third-order valence-corrected chi connectivity index (χ3v) is 3.94. The molecule has 0 aliphatic carbocycles. The summed E-state index contributed by atoms with van der Waals surface area (Å²) in [5, 5.41) is 3.01. The number of rotatable bonds is 7. The second-order valence-corrected chi connectivity index (χ2v) is 5.90. The molecule has 2 aromatic carbocycles. The predicted octanol–water partition coefficient (Wildman–Crippen LogP) is 3.94. The Labute approximate surface area is 162 Å². The summed E-state index contributed by atoms with van der Waals surface area (Å²) in [5.74, 6) is 0.00477. The average Bonchev–Trinajstić information content (AvgIpc) is 2.67. The van der Waals surface area contributed by atoms with Gasteiger partial charge in [0.1, 0.15) is 0 Å². The SMILES string of the molecule is COc1ccc(/C=C/C(=O)O[C@@H](C)C(=O)Nc2ccccc2Cl)cc1OC. The Kier molecular flexibility index (Phi) is 7.25. The zero-order valence-electron chi connectivity index (χ0n) is 15.2. The van der Waals surface area contributed by atoms with Crippen molar-refractivity contribution < 1.29 is 23.8 Å². The van der Waals surface area contributed by atoms with E-state index in [1.165, 1.54) is 20.1 Å². The molecule has 27 heavy (non-hydrogen) atoms. The molecule has 2 rings (SSSR count). The fourth-order valence-electron chi connectivity index (χ4n) is 2.18. The molecule has 0 saturated carbocycles. The van der Waals surface area contributed by atoms with E-state index in [9.17, 15) is 9.59 Å². The Morgan fingerprint density at radius 2 is 1.78 bits per heavy atom. The van der Waals surface area contributed by atoms with Crippen LogP contribution in [0.5, 0.6) is 11.5 Å². The molecule has 0 radical (unpaired) electrons. The maximum Gasteiger partial charge on any atom is 0.331 e. The van der Waals surface area contributed by atoms with Gasteiger partial charge in [0.05, 0.1) is 24.9 Å². The van der Waals surface area contributed by atoms with Crippen LogP contribution in [-0.2, 0) is 14.3 Å². The van der Waals surface area contributed by atoms with E-state index in [0.717, 1.165) is 5.56 Å². The van der Waals surface area contributed by atoms with Crippen LogP contribution in [0.3, 0.4) is 0 Å². The fraction of sp³-hybridized carbons (Fsp3) is 0.200. The maximum absolute atomic E-state index is 12.1. The lowest BCUT2D eigenvalue weighted by Gasteiger charge is -2.13. The number of nitrogens with one attached hydrogen (secondary N) is 1. The van der Waals surface area contributed by atoms with Gasteiger partial charge in [0.15, 0.2) is 17.6 Å². The van der Waals surface area contributed by atoms with Crippen molar-refractivity contribution in [3.05, 3.63) is 59.1 Å². The van der Waals surface area contributed by atoms with Crippen LogP contribution in [-0.4, -0.2) is 32.2 Å². The number of hydrogen-bond acceptors (Lipinski definition) is 5. The monoisotopic (exact) mass is 389 g/mol. The molecule has 0 unspecified atom stereocenters. The van der Waals surface area contributed by atoms with E-state index in [2.05, 4.69) is 5.32 Å². The van der Waals surface area contributed by atoms with E-state index < -0.39 is 18.0 Å². The molecule has 0 aliphatic rings. The van der Waals surface area contributed by atoms with Gasteiger partial charge in [0.25, 0.3) is 5.91 Å². The Morgan fingerprint density at radius 1 is 1.07 bits per heavy atom. The molecule has 1 amide bonds. The molecule has 1 N–H and O–H groups in total. The quantitative estimate of drug-likeness (QED) is 0.573. The number of carbonyl (C=O) groups excluding carboxylic acids is 2. The summed E-state index contributed by atoms with van der Waals surface area (Å²) < 4.78 is 15.5. The van der Waals surface area contributed by atoms with Gasteiger partial charge in [-0.15, -0.1) is 0 Å². The van der Waals surface area contributed by atoms with Crippen molar-refractivity contribution >= 4 is 35.2 Å². The molecule has 0 aliphatic heterocycles. The Bertz CT molecular complexity index is 850. The van der Waals surface area contributed by atoms with Gasteiger partial charge in [-0.2, -0.15) is 0 Å². The van der Waals surface area contributed by atoms with Crippen molar-refractivity contribution in [1.29, 1.82) is 0 Å². The third kappa shape index (κ3) is 5.76. The summed E-state index contributed by atoms with van der Waals surface area (Å²) in [6.07, 6.45) is 1.81. The molecule has 142 valence electrons. The number of anilines is 1. The van der Waals surface area contributed by atoms with Crippen LogP contribution in [0.2, 0.25) is 5.02 Å². The van der Waals surface area contributed by atoms with Crippen LogP contribution in [0.4, 0.5) is 5.69 Å². The van der Waals surface area contributed by atoms with Crippen LogP contribution in [0, 0.1) is 0 Å². The molecule has 0 aromatic heterocycles. The Morgan fingerprint density at radius 3 is 2.44 bits per heavy atom. The lowest BCUT2D eigenvalue weighted by atomic mass is 10.2. The van der Waals surface area contributed by atoms with E-state index in [1.807, 2.05) is 0 Å². The highest BCUT2D eigenvalue weighted by molar-refractivity contribution is 6.33. The molecule has 1 atom stereocenters. The summed E-state index contributed by atoms with van der Waals surface area (Å²) in [6.45, 7) is 1.48. The lowest BCUT2D eigenvalue weighted by molar-refractivity contribution is -0.148. The molecule has 6 nitrogen and oxygen atoms in total. The highest BCUT2D eigenvalue weighted by Crippen LogP contribution is 2.28. The number of ether oxygens (including phenoxy) is 3. The van der Waals surface area contributed by atoms with E-state index in [-0.39, 0.29) is 0 Å². The first-order valence-electron chi connectivity index (χ1n) is 8.10. The zero-order valence-corrected chi connectivity index (χ0v) is 15.9. The van der Waals surface area contributed by atoms with Crippen LogP contribution in [0.25, 0.3) is 6.08 Å². The van der Waals surface area contributed by atoms with Crippen LogP contribution >= 0.6 is 11.6 Å². The first kappa shape index (κ1) is 20.3. The van der Waals surface area contributed by atoms with Crippen LogP contribution in [0.15, 0.2) is 48.5 Å². The third-order valence-electron chi connectivity index (χ3n) is 3.61. The maximum atomic E-state index is 12.1. The Balaban J connectivity index is 1.95. The number of methoxy groups -OCH3 is 2. The summed E-state index contributed by atoms with van der Waals surface area (Å²) >= 11 is 5.99. The highest BCUT2D eigenvalue weighted by Gasteiger charge is 2.17. The molecule has 0 fully saturated rings. The second-order valence-electron chi connectivity index (χ2n) is 5.50. The predicted molar refractivity (Wildman–Crippen MR) is 104 cm³/mol. The number of para-hydroxylation sites is 1. The summed E-state index contributed by atoms with van der Waals surface area (Å²) in [4.78, 5) is 24.1. The number of benzene rings is 2. The molecule has 0 saturated heterocycles. The molecular formula is C20H20ClNO5. The molecule has 0 spiro atoms. The largest absolute Gasteiger partial charge is 0.493 e. The summed E-state index contributed by atoms with van der Waals surface area (Å²) in [6, 6.07) is 12.0. The highest BCUT2D eigenvalue weighted by atomic mass is 35.5. The number of halogens is 1. The number of carbonyl (C=O) groups is 2. The van der Waals surface area contributed by atoms with Crippen LogP contribution in [0.1, 0.15) is 12.5 Å². The van der Waals surface area contributed by atoms with Gasteiger partial charge in [-0.05, 0) is 42.8 Å². The first-order chi connectivity index (χ1) is 12.9. The minimum absolute atomic E-state index is 0.401. The number of esters is 1. The van der Waals surface area contributed by atoms with Gasteiger partial charge in [-0.25, -0.2) is 4.79 Å². The lowest BCUT2D eigenvalue weighted by Crippen LogP contribution is -2.29. The molecular weight excluding hydrogens is 370 g/mol. The van der Waals surface area contributed by atoms with Gasteiger partial charge in [-0.1, -0.05) is 29.8 Å². The molecule has 0 bridgehead atoms. The van der Waals surface area contributed by atoms with Gasteiger partial charge in [0, 0.05) is 6.08 Å². The second kappa shape index (κ2) is 9.64. The molecule has 0 heterocycles. The molecule has 7 heteroatoms. The smallest absolute Gasteiger partial charge is 0.331 e. The number of hydrogen-bond donors (Lipinski definition) is 1. The minimum atomic E-state index is -0.983. The fourth-order valence-corrected chi connectivity index (χ4v) is 2.37. The van der Waals surface area contributed by atoms with Crippen molar-refractivity contribution in [2.24, 2.45) is 0 Å². The van der Waals surface area contributed by atoms with E-state index in [1.54, 1.807) is 55.7 Å². The van der Waals surface area contributed by atoms with E-state index in [4.69, 9.17) is 25.8 Å². The van der Waals surface area contributed by atoms with Gasteiger partial charge >= 0.3 is 5.97 Å². The van der Waals surface area contributed by atoms with Crippen LogP contribution < -0.4 is 14.8 Å². The normalized spacial score (nSPS) is 11.7. The van der Waals surface area contributed by atoms with Crippen molar-refractivity contribution in [2.75, 3.05) is 19.5 Å². The van der Waals surface area contributed by atoms with Gasteiger partial charge < -0.3 is 19.5 Å². The standard InChI is InChI=1S/C20H20ClNO5/c1-13(20(24)22-16-7-5-4-6-15(16)21)27-19(23)11-9-14-8-10-17(25-2)18(12-14)26-3/h4-13H,1-3H3,(H,22,24)/b11-9+/t13-/m0/s1. The zero-order chi connectivity index (χ0) is 19.8. The number of amides is 1. The Hall–Kier alpha value is -2.99. The van der Waals surface area contributed by atoms with Crippen molar-refractivity contribution in [2.45, 2.75) is 13.0 Å².